The highest BCUT2D eigenvalue weighted by Gasteiger charge is 2.24. The van der Waals surface area contributed by atoms with Crippen molar-refractivity contribution < 1.29 is 17.9 Å². The molecule has 3 aromatic rings. The van der Waals surface area contributed by atoms with Crippen LogP contribution < -0.4 is 14.4 Å². The zero-order chi connectivity index (χ0) is 23.4. The predicted molar refractivity (Wildman–Crippen MR) is 128 cm³/mol. The van der Waals surface area contributed by atoms with E-state index in [1.54, 1.807) is 53.6 Å². The molecule has 1 aromatic heterocycles. The molecule has 1 amide bonds. The number of carbonyl (C=O) groups excluding carboxylic acids is 1. The van der Waals surface area contributed by atoms with Crippen LogP contribution in [0.5, 0.6) is 5.75 Å². The standard InChI is InChI=1S/C23H23ClN4O4S/c1-32-21-8-3-2-7-20(21)26-33(30,31)19-6-4-5-17(15-19)23(29)28-13-11-27(12-14-28)22-10-9-18(24)16-25-22/h2-10,15-16,26H,11-14H2,1H3. The number of halogens is 1. The van der Waals surface area contributed by atoms with Gasteiger partial charge in [-0.1, -0.05) is 29.8 Å². The predicted octanol–water partition coefficient (Wildman–Crippen LogP) is 3.51. The number of nitrogens with zero attached hydrogens (tertiary/aromatic N) is 3. The second-order valence-electron chi connectivity index (χ2n) is 7.45. The summed E-state index contributed by atoms with van der Waals surface area (Å²) in [5.41, 5.74) is 0.639. The molecular weight excluding hydrogens is 464 g/mol. The molecule has 0 saturated carbocycles. The van der Waals surface area contributed by atoms with Gasteiger partial charge in [-0.25, -0.2) is 13.4 Å². The molecule has 2 heterocycles. The third-order valence-electron chi connectivity index (χ3n) is 5.35. The molecule has 0 spiro atoms. The number of rotatable bonds is 6. The molecule has 0 atom stereocenters. The Hall–Kier alpha value is -3.30. The van der Waals surface area contributed by atoms with Crippen molar-refractivity contribution in [1.82, 2.24) is 9.88 Å². The molecule has 1 aliphatic heterocycles. The Balaban J connectivity index is 1.46. The number of anilines is 2. The summed E-state index contributed by atoms with van der Waals surface area (Å²) in [5, 5.41) is 0.572. The number of nitrogens with one attached hydrogen (secondary N) is 1. The van der Waals surface area contributed by atoms with E-state index < -0.39 is 10.0 Å². The van der Waals surface area contributed by atoms with Crippen molar-refractivity contribution in [3.05, 3.63) is 77.4 Å². The summed E-state index contributed by atoms with van der Waals surface area (Å²) in [5.74, 6) is 0.997. The van der Waals surface area contributed by atoms with Gasteiger partial charge in [0.2, 0.25) is 0 Å². The monoisotopic (exact) mass is 486 g/mol. The van der Waals surface area contributed by atoms with E-state index >= 15 is 0 Å². The molecule has 8 nitrogen and oxygen atoms in total. The van der Waals surface area contributed by atoms with Crippen molar-refractivity contribution in [2.24, 2.45) is 0 Å². The van der Waals surface area contributed by atoms with Crippen LogP contribution in [0.25, 0.3) is 0 Å². The number of methoxy groups -OCH3 is 1. The maximum absolute atomic E-state index is 13.1. The maximum atomic E-state index is 13.1. The maximum Gasteiger partial charge on any atom is 0.262 e. The number of sulfonamides is 1. The number of pyridine rings is 1. The van der Waals surface area contributed by atoms with Gasteiger partial charge >= 0.3 is 0 Å². The van der Waals surface area contributed by atoms with Gasteiger partial charge in [0.05, 0.1) is 22.7 Å². The molecule has 1 fully saturated rings. The van der Waals surface area contributed by atoms with E-state index in [0.717, 1.165) is 5.82 Å². The Labute approximate surface area is 197 Å². The van der Waals surface area contributed by atoms with Crippen LogP contribution in [-0.4, -0.2) is 57.5 Å². The van der Waals surface area contributed by atoms with Crippen LogP contribution in [0.2, 0.25) is 5.02 Å². The zero-order valence-corrected chi connectivity index (χ0v) is 19.5. The number of carbonyl (C=O) groups is 1. The first-order valence-corrected chi connectivity index (χ1v) is 12.2. The molecule has 33 heavy (non-hydrogen) atoms. The third-order valence-corrected chi connectivity index (χ3v) is 6.93. The summed E-state index contributed by atoms with van der Waals surface area (Å²) >= 11 is 5.90. The van der Waals surface area contributed by atoms with Gasteiger partial charge in [0.25, 0.3) is 15.9 Å². The van der Waals surface area contributed by atoms with Crippen molar-refractivity contribution in [3.63, 3.8) is 0 Å². The van der Waals surface area contributed by atoms with Crippen molar-refractivity contribution in [1.29, 1.82) is 0 Å². The van der Waals surface area contributed by atoms with Crippen molar-refractivity contribution in [2.45, 2.75) is 4.90 Å². The van der Waals surface area contributed by atoms with Crippen LogP contribution >= 0.6 is 11.6 Å². The molecule has 0 radical (unpaired) electrons. The minimum absolute atomic E-state index is 0.00302. The van der Waals surface area contributed by atoms with Crippen LogP contribution in [0.3, 0.4) is 0 Å². The van der Waals surface area contributed by atoms with Crippen LogP contribution in [0.15, 0.2) is 71.8 Å². The Morgan fingerprint density at radius 1 is 1.03 bits per heavy atom. The first-order chi connectivity index (χ1) is 15.9. The highest BCUT2D eigenvalue weighted by molar-refractivity contribution is 7.92. The van der Waals surface area contributed by atoms with Crippen LogP contribution in [0.4, 0.5) is 11.5 Å². The molecule has 1 N–H and O–H groups in total. The van der Waals surface area contributed by atoms with Gasteiger partial charge < -0.3 is 14.5 Å². The lowest BCUT2D eigenvalue weighted by molar-refractivity contribution is 0.0746. The average molecular weight is 487 g/mol. The summed E-state index contributed by atoms with van der Waals surface area (Å²) in [7, 11) is -2.44. The molecule has 0 unspecified atom stereocenters. The third kappa shape index (κ3) is 5.20. The fourth-order valence-corrected chi connectivity index (χ4v) is 4.83. The minimum atomic E-state index is -3.91. The Bertz CT molecular complexity index is 1240. The summed E-state index contributed by atoms with van der Waals surface area (Å²) in [6.07, 6.45) is 1.60. The summed E-state index contributed by atoms with van der Waals surface area (Å²) < 4.78 is 33.6. The van der Waals surface area contributed by atoms with Gasteiger partial charge in [0.15, 0.2) is 0 Å². The highest BCUT2D eigenvalue weighted by Crippen LogP contribution is 2.26. The first kappa shape index (κ1) is 22.9. The molecule has 10 heteroatoms. The zero-order valence-electron chi connectivity index (χ0n) is 17.9. The van der Waals surface area contributed by atoms with E-state index in [4.69, 9.17) is 16.3 Å². The number of piperazine rings is 1. The van der Waals surface area contributed by atoms with Gasteiger partial charge in [0.1, 0.15) is 11.6 Å². The fourth-order valence-electron chi connectivity index (χ4n) is 3.61. The number of benzene rings is 2. The molecule has 0 bridgehead atoms. The van der Waals surface area contributed by atoms with E-state index in [1.165, 1.54) is 19.2 Å². The number of amides is 1. The van der Waals surface area contributed by atoms with Crippen molar-refractivity contribution >= 4 is 39.0 Å². The highest BCUT2D eigenvalue weighted by atomic mass is 35.5. The summed E-state index contributed by atoms with van der Waals surface area (Å²) in [4.78, 5) is 21.2. The van der Waals surface area contributed by atoms with Gasteiger partial charge in [-0.15, -0.1) is 0 Å². The summed E-state index contributed by atoms with van der Waals surface area (Å²) in [6, 6.07) is 16.4. The van der Waals surface area contributed by atoms with E-state index in [-0.39, 0.29) is 10.8 Å². The van der Waals surface area contributed by atoms with Crippen LogP contribution in [0.1, 0.15) is 10.4 Å². The Morgan fingerprint density at radius 3 is 2.48 bits per heavy atom. The molecule has 0 aliphatic carbocycles. The number of hydrogen-bond donors (Lipinski definition) is 1. The lowest BCUT2D eigenvalue weighted by Gasteiger charge is -2.35. The average Bonchev–Trinajstić information content (AvgIpc) is 2.84. The fraction of sp³-hybridized carbons (Fsp3) is 0.217. The number of para-hydroxylation sites is 2. The van der Waals surface area contributed by atoms with Gasteiger partial charge in [0, 0.05) is 37.9 Å². The van der Waals surface area contributed by atoms with Gasteiger partial charge in [-0.2, -0.15) is 0 Å². The Morgan fingerprint density at radius 2 is 1.79 bits per heavy atom. The topological polar surface area (TPSA) is 91.8 Å². The van der Waals surface area contributed by atoms with Gasteiger partial charge in [-0.3, -0.25) is 9.52 Å². The first-order valence-electron chi connectivity index (χ1n) is 10.3. The number of aromatic nitrogens is 1. The van der Waals surface area contributed by atoms with E-state index in [0.29, 0.717) is 48.2 Å². The molecule has 1 aliphatic rings. The molecule has 2 aromatic carbocycles. The van der Waals surface area contributed by atoms with E-state index in [1.807, 2.05) is 6.07 Å². The van der Waals surface area contributed by atoms with Crippen LogP contribution in [-0.2, 0) is 10.0 Å². The minimum Gasteiger partial charge on any atom is -0.495 e. The molecular formula is C23H23ClN4O4S. The normalized spacial score (nSPS) is 14.1. The smallest absolute Gasteiger partial charge is 0.262 e. The lowest BCUT2D eigenvalue weighted by atomic mass is 10.2. The molecule has 172 valence electrons. The SMILES string of the molecule is COc1ccccc1NS(=O)(=O)c1cccc(C(=O)N2CCN(c3ccc(Cl)cn3)CC2)c1. The van der Waals surface area contributed by atoms with E-state index in [9.17, 15) is 13.2 Å². The largest absolute Gasteiger partial charge is 0.495 e. The second-order valence-corrected chi connectivity index (χ2v) is 9.57. The quantitative estimate of drug-likeness (QED) is 0.573. The second kappa shape index (κ2) is 9.68. The van der Waals surface area contributed by atoms with Gasteiger partial charge in [-0.05, 0) is 42.5 Å². The Kier molecular flexibility index (Phi) is 6.71. The van der Waals surface area contributed by atoms with Crippen molar-refractivity contribution in [3.8, 4) is 5.75 Å². The summed E-state index contributed by atoms with van der Waals surface area (Å²) in [6.45, 7) is 2.24. The number of hydrogen-bond acceptors (Lipinski definition) is 6. The van der Waals surface area contributed by atoms with E-state index in [2.05, 4.69) is 14.6 Å². The molecule has 1 saturated heterocycles. The number of ether oxygens (including phenoxy) is 1. The lowest BCUT2D eigenvalue weighted by Crippen LogP contribution is -2.49. The van der Waals surface area contributed by atoms with Crippen molar-refractivity contribution in [2.75, 3.05) is 42.9 Å². The van der Waals surface area contributed by atoms with Crippen LogP contribution in [0, 0.1) is 0 Å². The molecule has 4 rings (SSSR count).